The van der Waals surface area contributed by atoms with Gasteiger partial charge in [0.1, 0.15) is 11.9 Å². The Labute approximate surface area is 331 Å². The molecule has 2 saturated heterocycles. The zero-order valence-corrected chi connectivity index (χ0v) is 35.3. The molecule has 55 heavy (non-hydrogen) atoms. The number of esters is 1. The number of hydrogen-bond acceptors (Lipinski definition) is 7. The Morgan fingerprint density at radius 1 is 0.800 bits per heavy atom. The number of aliphatic hydroxyl groups is 2. The van der Waals surface area contributed by atoms with E-state index in [1.54, 1.807) is 6.92 Å². The molecule has 10 unspecified atom stereocenters. The minimum absolute atomic E-state index is 0.0124. The lowest BCUT2D eigenvalue weighted by Crippen LogP contribution is -2.58. The molecular weight excluding hydrogens is 689 g/mol. The molecule has 8 aliphatic carbocycles. The van der Waals surface area contributed by atoms with Crippen LogP contribution in [0, 0.1) is 80.8 Å². The molecule has 2 heterocycles. The Morgan fingerprint density at radius 3 is 2.31 bits per heavy atom. The van der Waals surface area contributed by atoms with Crippen LogP contribution in [-0.2, 0) is 23.8 Å². The lowest BCUT2D eigenvalue weighted by molar-refractivity contribution is -0.273. The number of ether oxygens (including phenoxy) is 3. The Balaban J connectivity index is 0.000000161. The van der Waals surface area contributed by atoms with Gasteiger partial charge >= 0.3 is 5.97 Å². The first-order valence-corrected chi connectivity index (χ1v) is 23.1. The SMILES string of the molecule is CC(=O)O[C@H]1CC2C(CC=C3C[C@@H](O)CC[C@@]32C)C2CC3OC4(CCC(C)CO4)[C@@H](C)C3[C@]21C.C[C@]12CCC3C(CC[C@H]4C[C@@H](O)CC[C@]34C)C1CCC2=O. The fourth-order valence-corrected chi connectivity index (χ4v) is 17.0. The monoisotopic (exact) mass is 763 g/mol. The lowest BCUT2D eigenvalue weighted by Gasteiger charge is -2.60. The Bertz CT molecular complexity index is 1550. The summed E-state index contributed by atoms with van der Waals surface area (Å²) in [4.78, 5) is 24.8. The second kappa shape index (κ2) is 13.6. The van der Waals surface area contributed by atoms with Gasteiger partial charge in [0, 0.05) is 42.4 Å². The van der Waals surface area contributed by atoms with E-state index in [2.05, 4.69) is 47.6 Å². The maximum atomic E-state index is 12.4. The van der Waals surface area contributed by atoms with Gasteiger partial charge in [-0.15, -0.1) is 0 Å². The fourth-order valence-electron chi connectivity index (χ4n) is 17.0. The van der Waals surface area contributed by atoms with Crippen LogP contribution in [0.3, 0.4) is 0 Å². The van der Waals surface area contributed by atoms with Crippen molar-refractivity contribution in [3.8, 4) is 0 Å². The number of carbonyl (C=O) groups is 2. The van der Waals surface area contributed by atoms with Crippen molar-refractivity contribution in [3.05, 3.63) is 11.6 Å². The standard InChI is InChI=1S/C29H44O5.C19H30O2/c1-16-8-11-29(32-15-16)17(2)26-24(34-29)13-23-21-7-6-19-12-20(31)9-10-27(19,4)22(21)14-25(28(23,26)5)33-18(3)30;1-18-9-7-13(20)11-12(18)3-4-14-15-5-6-17(21)19(15,2)10-8-16(14)18/h6,16-17,20-26,31H,7-15H2,1-5H3;12-16,20H,3-11H2,1-2H3/t16?,17-,20-,21?,22?,23?,24?,25-,26?,27-,28+,29?;12-,13-,14?,15?,16?,18-,19-/m00/s1. The maximum Gasteiger partial charge on any atom is 0.302 e. The van der Waals surface area contributed by atoms with E-state index in [1.165, 1.54) is 31.3 Å². The van der Waals surface area contributed by atoms with Crippen LogP contribution in [0.25, 0.3) is 0 Å². The average Bonchev–Trinajstić information content (AvgIpc) is 3.72. The van der Waals surface area contributed by atoms with Crippen LogP contribution in [0.4, 0.5) is 0 Å². The summed E-state index contributed by atoms with van der Waals surface area (Å²) in [5, 5.41) is 20.4. The van der Waals surface area contributed by atoms with E-state index in [0.717, 1.165) is 108 Å². The molecule has 19 atom stereocenters. The van der Waals surface area contributed by atoms with Gasteiger partial charge in [-0.2, -0.15) is 0 Å². The molecule has 0 amide bonds. The van der Waals surface area contributed by atoms with Crippen LogP contribution < -0.4 is 0 Å². The highest BCUT2D eigenvalue weighted by Gasteiger charge is 2.72. The molecule has 0 aromatic heterocycles. The molecule has 9 fully saturated rings. The summed E-state index contributed by atoms with van der Waals surface area (Å²) in [6, 6.07) is 0. The number of ketones is 1. The minimum atomic E-state index is -0.460. The molecule has 10 rings (SSSR count). The van der Waals surface area contributed by atoms with Crippen LogP contribution >= 0.6 is 0 Å². The van der Waals surface area contributed by atoms with Crippen molar-refractivity contribution in [2.75, 3.05) is 6.61 Å². The predicted octanol–water partition coefficient (Wildman–Crippen LogP) is 9.21. The van der Waals surface area contributed by atoms with Crippen molar-refractivity contribution in [1.82, 2.24) is 0 Å². The second-order valence-corrected chi connectivity index (χ2v) is 22.3. The maximum absolute atomic E-state index is 12.4. The van der Waals surface area contributed by atoms with Gasteiger partial charge in [0.25, 0.3) is 0 Å². The van der Waals surface area contributed by atoms with E-state index < -0.39 is 5.79 Å². The summed E-state index contributed by atoms with van der Waals surface area (Å²) in [5.74, 6) is 5.72. The number of fused-ring (bicyclic) bond motifs is 12. The van der Waals surface area contributed by atoms with Crippen LogP contribution in [0.2, 0.25) is 0 Å². The third-order valence-corrected chi connectivity index (χ3v) is 20.1. The minimum Gasteiger partial charge on any atom is -0.462 e. The Hall–Kier alpha value is -1.28. The predicted molar refractivity (Wildman–Crippen MR) is 211 cm³/mol. The number of Topliss-reactive ketones (excluding diaryl/α,β-unsaturated/α-hetero) is 1. The van der Waals surface area contributed by atoms with E-state index in [-0.39, 0.29) is 46.6 Å². The fraction of sp³-hybridized carbons (Fsp3) is 0.917. The van der Waals surface area contributed by atoms with Crippen LogP contribution in [0.1, 0.15) is 158 Å². The van der Waals surface area contributed by atoms with Gasteiger partial charge in [-0.25, -0.2) is 0 Å². The summed E-state index contributed by atoms with van der Waals surface area (Å²) < 4.78 is 19.6. The zero-order valence-electron chi connectivity index (χ0n) is 35.3. The second-order valence-electron chi connectivity index (χ2n) is 22.3. The van der Waals surface area contributed by atoms with Gasteiger partial charge in [0.2, 0.25) is 0 Å². The average molecular weight is 763 g/mol. The largest absolute Gasteiger partial charge is 0.462 e. The van der Waals surface area contributed by atoms with Gasteiger partial charge in [0.05, 0.1) is 24.9 Å². The quantitative estimate of drug-likeness (QED) is 0.203. The molecule has 7 nitrogen and oxygen atoms in total. The number of hydrogen-bond donors (Lipinski definition) is 2. The first-order chi connectivity index (χ1) is 26.0. The topological polar surface area (TPSA) is 102 Å². The van der Waals surface area contributed by atoms with Crippen molar-refractivity contribution in [2.24, 2.45) is 80.8 Å². The third-order valence-electron chi connectivity index (χ3n) is 20.1. The van der Waals surface area contributed by atoms with E-state index in [9.17, 15) is 19.8 Å². The van der Waals surface area contributed by atoms with Crippen molar-refractivity contribution in [3.63, 3.8) is 0 Å². The molecule has 0 aromatic carbocycles. The highest BCUT2D eigenvalue weighted by Crippen LogP contribution is 2.71. The summed E-state index contributed by atoms with van der Waals surface area (Å²) in [6.45, 7) is 16.6. The van der Waals surface area contributed by atoms with Crippen molar-refractivity contribution < 1.29 is 34.0 Å². The molecule has 1 spiro atoms. The summed E-state index contributed by atoms with van der Waals surface area (Å²) in [5.41, 5.74) is 1.91. The summed E-state index contributed by atoms with van der Waals surface area (Å²) >= 11 is 0. The molecule has 0 bridgehead atoms. The highest BCUT2D eigenvalue weighted by atomic mass is 16.7. The lowest BCUT2D eigenvalue weighted by atomic mass is 9.45. The molecule has 2 N–H and O–H groups in total. The summed E-state index contributed by atoms with van der Waals surface area (Å²) in [7, 11) is 0. The highest BCUT2D eigenvalue weighted by molar-refractivity contribution is 5.87. The molecule has 7 saturated carbocycles. The van der Waals surface area contributed by atoms with Gasteiger partial charge < -0.3 is 24.4 Å². The van der Waals surface area contributed by atoms with Crippen molar-refractivity contribution in [2.45, 2.75) is 188 Å². The Morgan fingerprint density at radius 2 is 1.56 bits per heavy atom. The number of aliphatic hydroxyl groups excluding tert-OH is 2. The smallest absolute Gasteiger partial charge is 0.302 e. The molecule has 7 heteroatoms. The molecule has 0 radical (unpaired) electrons. The number of carbonyl (C=O) groups excluding carboxylic acids is 2. The van der Waals surface area contributed by atoms with Crippen LogP contribution in [0.15, 0.2) is 11.6 Å². The van der Waals surface area contributed by atoms with Crippen molar-refractivity contribution in [1.29, 1.82) is 0 Å². The number of rotatable bonds is 1. The van der Waals surface area contributed by atoms with Crippen LogP contribution in [0.5, 0.6) is 0 Å². The van der Waals surface area contributed by atoms with Gasteiger partial charge in [-0.05, 0) is 154 Å². The van der Waals surface area contributed by atoms with E-state index in [0.29, 0.717) is 52.6 Å². The van der Waals surface area contributed by atoms with Crippen molar-refractivity contribution >= 4 is 11.8 Å². The van der Waals surface area contributed by atoms with E-state index in [1.807, 2.05) is 0 Å². The first-order valence-electron chi connectivity index (χ1n) is 23.1. The molecule has 0 aromatic rings. The molecule has 10 aliphatic rings. The zero-order chi connectivity index (χ0) is 38.9. The van der Waals surface area contributed by atoms with Gasteiger partial charge in [-0.1, -0.05) is 53.2 Å². The normalized spacial score (nSPS) is 56.3. The Kier molecular flexibility index (Phi) is 9.71. The van der Waals surface area contributed by atoms with Gasteiger partial charge in [-0.3, -0.25) is 9.59 Å². The number of allylic oxidation sites excluding steroid dienone is 1. The van der Waals surface area contributed by atoms with Gasteiger partial charge in [0.15, 0.2) is 5.79 Å². The molecule has 308 valence electrons. The molecular formula is C48H74O7. The first kappa shape index (κ1) is 39.2. The van der Waals surface area contributed by atoms with E-state index >= 15 is 0 Å². The van der Waals surface area contributed by atoms with Crippen LogP contribution in [-0.4, -0.2) is 58.8 Å². The summed E-state index contributed by atoms with van der Waals surface area (Å²) in [6.07, 6.45) is 20.4. The molecule has 2 aliphatic heterocycles. The van der Waals surface area contributed by atoms with E-state index in [4.69, 9.17) is 14.2 Å². The third kappa shape index (κ3) is 5.81.